The van der Waals surface area contributed by atoms with E-state index in [4.69, 9.17) is 26.2 Å². The summed E-state index contributed by atoms with van der Waals surface area (Å²) in [6, 6.07) is 3.21. The van der Waals surface area contributed by atoms with E-state index in [1.54, 1.807) is 6.92 Å². The Morgan fingerprint density at radius 1 is 1.25 bits per heavy atom. The van der Waals surface area contributed by atoms with Gasteiger partial charge in [-0.3, -0.25) is 0 Å². The molecule has 1 heterocycles. The predicted molar refractivity (Wildman–Crippen MR) is 76.6 cm³/mol. The van der Waals surface area contributed by atoms with Crippen LogP contribution >= 0.6 is 11.6 Å². The third-order valence-electron chi connectivity index (χ3n) is 4.14. The number of benzene rings is 1. The van der Waals surface area contributed by atoms with Crippen molar-refractivity contribution in [2.24, 2.45) is 0 Å². The molecule has 0 bridgehead atoms. The van der Waals surface area contributed by atoms with Crippen LogP contribution in [0, 0.1) is 24.1 Å². The zero-order valence-corrected chi connectivity index (χ0v) is 12.9. The Morgan fingerprint density at radius 3 is 2.20 bits per heavy atom. The summed E-state index contributed by atoms with van der Waals surface area (Å²) in [5.74, 6) is -0.640. The molecule has 0 saturated carbocycles. The Kier molecular flexibility index (Phi) is 3.62. The van der Waals surface area contributed by atoms with Gasteiger partial charge >= 0.3 is 7.12 Å². The van der Waals surface area contributed by atoms with Crippen LogP contribution in [0.15, 0.2) is 6.07 Å². The Labute approximate surface area is 123 Å². The van der Waals surface area contributed by atoms with E-state index in [-0.39, 0.29) is 10.6 Å². The van der Waals surface area contributed by atoms with Gasteiger partial charge < -0.3 is 9.31 Å². The second-order valence-electron chi connectivity index (χ2n) is 5.96. The maximum absolute atomic E-state index is 13.9. The van der Waals surface area contributed by atoms with E-state index in [0.29, 0.717) is 11.0 Å². The van der Waals surface area contributed by atoms with Crippen molar-refractivity contribution in [2.75, 3.05) is 0 Å². The number of hydrogen-bond acceptors (Lipinski definition) is 3. The molecule has 1 fully saturated rings. The van der Waals surface area contributed by atoms with Crippen LogP contribution in [0.1, 0.15) is 38.8 Å². The average Bonchev–Trinajstić information content (AvgIpc) is 2.54. The van der Waals surface area contributed by atoms with Gasteiger partial charge in [0.15, 0.2) is 0 Å². The second-order valence-corrected chi connectivity index (χ2v) is 6.34. The Balaban J connectivity index is 2.52. The first-order chi connectivity index (χ1) is 9.10. The number of hydrogen-bond donors (Lipinski definition) is 0. The summed E-state index contributed by atoms with van der Waals surface area (Å²) in [7, 11) is -0.709. The maximum Gasteiger partial charge on any atom is 0.495 e. The van der Waals surface area contributed by atoms with Crippen LogP contribution < -0.4 is 5.46 Å². The van der Waals surface area contributed by atoms with E-state index < -0.39 is 24.1 Å². The molecule has 106 valence electrons. The summed E-state index contributed by atoms with van der Waals surface area (Å²) in [6.45, 7) is 9.38. The van der Waals surface area contributed by atoms with Gasteiger partial charge in [0.25, 0.3) is 0 Å². The lowest BCUT2D eigenvalue weighted by molar-refractivity contribution is 0.00578. The summed E-state index contributed by atoms with van der Waals surface area (Å²) < 4.78 is 25.6. The molecule has 6 heteroatoms. The molecule has 1 aliphatic heterocycles. The molecule has 1 aliphatic rings. The fourth-order valence-corrected chi connectivity index (χ4v) is 2.32. The molecule has 0 N–H and O–H groups in total. The smallest absolute Gasteiger partial charge is 0.399 e. The molecule has 0 radical (unpaired) electrons. The monoisotopic (exact) mass is 295 g/mol. The molecule has 1 aromatic carbocycles. The Bertz CT molecular complexity index is 594. The minimum absolute atomic E-state index is 0.122. The average molecular weight is 296 g/mol. The van der Waals surface area contributed by atoms with Gasteiger partial charge in [-0.2, -0.15) is 5.26 Å². The Hall–Kier alpha value is -1.09. The van der Waals surface area contributed by atoms with Crippen LogP contribution in [0.2, 0.25) is 5.02 Å². The predicted octanol–water partition coefficient (Wildman–Crippen LogP) is 2.96. The molecule has 1 aromatic rings. The molecule has 0 spiro atoms. The van der Waals surface area contributed by atoms with Crippen LogP contribution in [0.25, 0.3) is 0 Å². The van der Waals surface area contributed by atoms with Gasteiger partial charge in [-0.05, 0) is 51.7 Å². The number of nitriles is 1. The topological polar surface area (TPSA) is 42.2 Å². The minimum atomic E-state index is -0.709. The summed E-state index contributed by atoms with van der Waals surface area (Å²) in [4.78, 5) is 0. The van der Waals surface area contributed by atoms with Crippen LogP contribution in [0.5, 0.6) is 0 Å². The lowest BCUT2D eigenvalue weighted by atomic mass is 9.75. The summed E-state index contributed by atoms with van der Waals surface area (Å²) in [5, 5.41) is 8.95. The molecule has 1 saturated heterocycles. The first-order valence-corrected chi connectivity index (χ1v) is 6.73. The lowest BCUT2D eigenvalue weighted by Gasteiger charge is -2.32. The van der Waals surface area contributed by atoms with Crippen molar-refractivity contribution in [3.05, 3.63) is 28.0 Å². The van der Waals surface area contributed by atoms with E-state index >= 15 is 0 Å². The fraction of sp³-hybridized carbons (Fsp3) is 0.500. The number of halogens is 2. The summed E-state index contributed by atoms with van der Waals surface area (Å²) in [5.41, 5.74) is 0.163. The number of nitrogens with zero attached hydrogens (tertiary/aromatic N) is 1. The van der Waals surface area contributed by atoms with Gasteiger partial charge in [-0.15, -0.1) is 0 Å². The molecule has 3 nitrogen and oxygen atoms in total. The van der Waals surface area contributed by atoms with Crippen LogP contribution in [-0.4, -0.2) is 18.3 Å². The van der Waals surface area contributed by atoms with Crippen molar-refractivity contribution < 1.29 is 13.7 Å². The fourth-order valence-electron chi connectivity index (χ4n) is 2.08. The lowest BCUT2D eigenvalue weighted by Crippen LogP contribution is -2.41. The van der Waals surface area contributed by atoms with Crippen molar-refractivity contribution in [3.63, 3.8) is 0 Å². The van der Waals surface area contributed by atoms with Crippen LogP contribution in [0.3, 0.4) is 0 Å². The quantitative estimate of drug-likeness (QED) is 0.748. The van der Waals surface area contributed by atoms with E-state index in [0.717, 1.165) is 0 Å². The first-order valence-electron chi connectivity index (χ1n) is 6.35. The molecule has 0 aromatic heterocycles. The van der Waals surface area contributed by atoms with Gasteiger partial charge in [-0.1, -0.05) is 11.6 Å². The van der Waals surface area contributed by atoms with E-state index in [1.807, 2.05) is 33.8 Å². The minimum Gasteiger partial charge on any atom is -0.399 e. The van der Waals surface area contributed by atoms with Crippen molar-refractivity contribution in [1.82, 2.24) is 0 Å². The molecular weight excluding hydrogens is 279 g/mol. The normalized spacial score (nSPS) is 20.0. The molecule has 0 amide bonds. The highest BCUT2D eigenvalue weighted by Crippen LogP contribution is 2.37. The standard InChI is InChI=1S/C14H16BClFNO2/c1-8-9(7-18)12(16)11(17)6-10(8)15-19-13(2,3)14(4,5)20-15/h6H,1-5H3. The maximum atomic E-state index is 13.9. The van der Waals surface area contributed by atoms with Gasteiger partial charge in [0.05, 0.1) is 21.8 Å². The molecule has 20 heavy (non-hydrogen) atoms. The van der Waals surface area contributed by atoms with Gasteiger partial charge in [0.2, 0.25) is 0 Å². The van der Waals surface area contributed by atoms with E-state index in [9.17, 15) is 4.39 Å². The zero-order chi connectivity index (χ0) is 15.3. The van der Waals surface area contributed by atoms with Gasteiger partial charge in [-0.25, -0.2) is 4.39 Å². The third-order valence-corrected chi connectivity index (χ3v) is 4.51. The highest BCUT2D eigenvalue weighted by Gasteiger charge is 2.52. The first kappa shape index (κ1) is 15.3. The number of rotatable bonds is 1. The molecule has 0 unspecified atom stereocenters. The third kappa shape index (κ3) is 2.22. The van der Waals surface area contributed by atoms with Crippen LogP contribution in [-0.2, 0) is 9.31 Å². The largest absolute Gasteiger partial charge is 0.495 e. The van der Waals surface area contributed by atoms with Gasteiger partial charge in [0, 0.05) is 0 Å². The van der Waals surface area contributed by atoms with E-state index in [2.05, 4.69) is 0 Å². The second kappa shape index (κ2) is 4.73. The highest BCUT2D eigenvalue weighted by molar-refractivity contribution is 6.62. The highest BCUT2D eigenvalue weighted by atomic mass is 35.5. The van der Waals surface area contributed by atoms with Crippen molar-refractivity contribution in [1.29, 1.82) is 5.26 Å². The van der Waals surface area contributed by atoms with Crippen molar-refractivity contribution in [3.8, 4) is 6.07 Å². The van der Waals surface area contributed by atoms with E-state index in [1.165, 1.54) is 6.07 Å². The van der Waals surface area contributed by atoms with Crippen LogP contribution in [0.4, 0.5) is 4.39 Å². The molecule has 2 rings (SSSR count). The summed E-state index contributed by atoms with van der Waals surface area (Å²) >= 11 is 5.81. The van der Waals surface area contributed by atoms with Crippen molar-refractivity contribution >= 4 is 24.2 Å². The van der Waals surface area contributed by atoms with Crippen molar-refractivity contribution in [2.45, 2.75) is 45.8 Å². The summed E-state index contributed by atoms with van der Waals surface area (Å²) in [6.07, 6.45) is 0. The Morgan fingerprint density at radius 2 is 1.75 bits per heavy atom. The van der Waals surface area contributed by atoms with Gasteiger partial charge in [0.1, 0.15) is 11.9 Å². The molecule has 0 aliphatic carbocycles. The molecule has 0 atom stereocenters. The molecular formula is C14H16BClFNO2. The zero-order valence-electron chi connectivity index (χ0n) is 12.2. The SMILES string of the molecule is Cc1c(B2OC(C)(C)C(C)(C)O2)cc(F)c(Cl)c1C#N.